The van der Waals surface area contributed by atoms with Crippen LogP contribution in [-0.2, 0) is 15.5 Å². The number of ether oxygens (including phenoxy) is 1. The monoisotopic (exact) mass is 296 g/mol. The minimum Gasteiger partial charge on any atom is -0.375 e. The highest BCUT2D eigenvalue weighted by atomic mass is 32.2. The first-order chi connectivity index (χ1) is 9.69. The minimum absolute atomic E-state index is 0.0309. The molecule has 1 spiro atoms. The molecule has 2 nitrogen and oxygen atoms in total. The molecule has 2 fully saturated rings. The Hall–Kier alpha value is -0.740. The largest absolute Gasteiger partial charge is 0.375 e. The van der Waals surface area contributed by atoms with E-state index in [0.717, 1.165) is 30.6 Å². The zero-order valence-corrected chi connectivity index (χ0v) is 12.5. The second-order valence-electron chi connectivity index (χ2n) is 5.96. The third kappa shape index (κ3) is 2.96. The van der Waals surface area contributed by atoms with Crippen LogP contribution in [0, 0.1) is 5.82 Å². The van der Waals surface area contributed by atoms with Crippen molar-refractivity contribution in [1.29, 1.82) is 0 Å². The smallest absolute Gasteiger partial charge is 0.123 e. The lowest BCUT2D eigenvalue weighted by molar-refractivity contribution is -0.0975. The Balaban J connectivity index is 1.73. The third-order valence-electron chi connectivity index (χ3n) is 4.56. The molecule has 0 N–H and O–H groups in total. The molecule has 0 radical (unpaired) electrons. The molecule has 1 aliphatic carbocycles. The predicted octanol–water partition coefficient (Wildman–Crippen LogP) is 3.82. The lowest BCUT2D eigenvalue weighted by Crippen LogP contribution is -2.44. The Morgan fingerprint density at radius 2 is 1.85 bits per heavy atom. The highest BCUT2D eigenvalue weighted by Gasteiger charge is 2.40. The normalized spacial score (nSPS) is 27.4. The van der Waals surface area contributed by atoms with Gasteiger partial charge in [0.05, 0.1) is 16.4 Å². The molecule has 0 bridgehead atoms. The number of halogens is 1. The topological polar surface area (TPSA) is 26.3 Å². The summed E-state index contributed by atoms with van der Waals surface area (Å²) in [5, 5.41) is 0.146. The molecule has 20 heavy (non-hydrogen) atoms. The van der Waals surface area contributed by atoms with Gasteiger partial charge in [-0.25, -0.2) is 4.39 Å². The van der Waals surface area contributed by atoms with Crippen molar-refractivity contribution in [3.05, 3.63) is 30.1 Å². The van der Waals surface area contributed by atoms with Gasteiger partial charge in [-0.3, -0.25) is 4.21 Å². The molecule has 1 aromatic rings. The number of hydrogen-bond donors (Lipinski definition) is 0. The van der Waals surface area contributed by atoms with E-state index in [2.05, 4.69) is 0 Å². The maximum atomic E-state index is 13.0. The molecule has 2 aliphatic rings. The molecule has 0 aromatic heterocycles. The van der Waals surface area contributed by atoms with Crippen LogP contribution in [0.1, 0.15) is 44.9 Å². The fourth-order valence-corrected chi connectivity index (χ4v) is 5.03. The van der Waals surface area contributed by atoms with Crippen molar-refractivity contribution in [1.82, 2.24) is 0 Å². The zero-order chi connectivity index (χ0) is 14.0. The molecule has 4 heteroatoms. The Bertz CT molecular complexity index is 474. The van der Waals surface area contributed by atoms with Crippen LogP contribution in [0.2, 0.25) is 0 Å². The summed E-state index contributed by atoms with van der Waals surface area (Å²) in [6.45, 7) is 0.706. The Morgan fingerprint density at radius 1 is 1.15 bits per heavy atom. The van der Waals surface area contributed by atoms with E-state index in [9.17, 15) is 8.60 Å². The highest BCUT2D eigenvalue weighted by molar-refractivity contribution is 7.85. The first-order valence-electron chi connectivity index (χ1n) is 7.49. The van der Waals surface area contributed by atoms with Gasteiger partial charge >= 0.3 is 0 Å². The van der Waals surface area contributed by atoms with E-state index < -0.39 is 10.8 Å². The summed E-state index contributed by atoms with van der Waals surface area (Å²) in [5.41, 5.74) is -0.0309. The van der Waals surface area contributed by atoms with Crippen LogP contribution < -0.4 is 0 Å². The molecular formula is C16H21FO2S. The summed E-state index contributed by atoms with van der Waals surface area (Å²) in [4.78, 5) is 0.740. The standard InChI is InChI=1S/C16H21FO2S/c17-13-4-6-14(7-5-13)20(18)15-8-11-19-16(12-15)9-2-1-3-10-16/h4-7,15H,1-3,8-12H2. The first kappa shape index (κ1) is 14.2. The summed E-state index contributed by atoms with van der Waals surface area (Å²) >= 11 is 0. The molecule has 110 valence electrons. The summed E-state index contributed by atoms with van der Waals surface area (Å²) in [6, 6.07) is 6.08. The highest BCUT2D eigenvalue weighted by Crippen LogP contribution is 2.40. The summed E-state index contributed by atoms with van der Waals surface area (Å²) in [6.07, 6.45) is 7.65. The van der Waals surface area contributed by atoms with Crippen molar-refractivity contribution in [2.75, 3.05) is 6.61 Å². The maximum absolute atomic E-state index is 13.0. The molecule has 1 aliphatic heterocycles. The van der Waals surface area contributed by atoms with Gasteiger partial charge in [0.15, 0.2) is 0 Å². The van der Waals surface area contributed by atoms with Crippen molar-refractivity contribution < 1.29 is 13.3 Å². The average Bonchev–Trinajstić information content (AvgIpc) is 2.48. The molecule has 3 rings (SSSR count). The van der Waals surface area contributed by atoms with Gasteiger partial charge in [-0.15, -0.1) is 0 Å². The maximum Gasteiger partial charge on any atom is 0.123 e. The summed E-state index contributed by atoms with van der Waals surface area (Å²) < 4.78 is 31.7. The van der Waals surface area contributed by atoms with Gasteiger partial charge in [-0.1, -0.05) is 19.3 Å². The van der Waals surface area contributed by atoms with E-state index in [1.807, 2.05) is 0 Å². The second-order valence-corrected chi connectivity index (χ2v) is 7.69. The van der Waals surface area contributed by atoms with Crippen LogP contribution in [0.4, 0.5) is 4.39 Å². The average molecular weight is 296 g/mol. The summed E-state index contributed by atoms with van der Waals surface area (Å²) in [7, 11) is -1.05. The lowest BCUT2D eigenvalue weighted by atomic mass is 9.80. The van der Waals surface area contributed by atoms with Gasteiger partial charge in [-0.05, 0) is 49.9 Å². The van der Waals surface area contributed by atoms with Crippen LogP contribution >= 0.6 is 0 Å². The Morgan fingerprint density at radius 3 is 2.55 bits per heavy atom. The van der Waals surface area contributed by atoms with Gasteiger partial charge in [-0.2, -0.15) is 0 Å². The predicted molar refractivity (Wildman–Crippen MR) is 77.6 cm³/mol. The van der Waals surface area contributed by atoms with E-state index in [1.54, 1.807) is 12.1 Å². The molecule has 1 saturated heterocycles. The van der Waals surface area contributed by atoms with E-state index in [0.29, 0.717) is 6.61 Å². The van der Waals surface area contributed by atoms with Crippen molar-refractivity contribution in [2.45, 2.75) is 60.7 Å². The van der Waals surface area contributed by atoms with Crippen molar-refractivity contribution in [3.8, 4) is 0 Å². The van der Waals surface area contributed by atoms with Crippen molar-refractivity contribution in [2.24, 2.45) is 0 Å². The Labute approximate surface area is 122 Å². The van der Waals surface area contributed by atoms with Crippen LogP contribution in [0.15, 0.2) is 29.2 Å². The lowest BCUT2D eigenvalue weighted by Gasteiger charge is -2.43. The number of rotatable bonds is 2. The zero-order valence-electron chi connectivity index (χ0n) is 11.6. The Kier molecular flexibility index (Phi) is 4.22. The quantitative estimate of drug-likeness (QED) is 0.829. The van der Waals surface area contributed by atoms with Gasteiger partial charge in [0.25, 0.3) is 0 Å². The fraction of sp³-hybridized carbons (Fsp3) is 0.625. The van der Waals surface area contributed by atoms with Gasteiger partial charge < -0.3 is 4.74 Å². The van der Waals surface area contributed by atoms with E-state index in [-0.39, 0.29) is 16.7 Å². The SMILES string of the molecule is O=S(c1ccc(F)cc1)C1CCOC2(CCCCC2)C1. The van der Waals surface area contributed by atoms with Crippen LogP contribution in [-0.4, -0.2) is 21.7 Å². The molecule has 0 amide bonds. The fourth-order valence-electron chi connectivity index (χ4n) is 3.47. The van der Waals surface area contributed by atoms with Crippen LogP contribution in [0.5, 0.6) is 0 Å². The third-order valence-corrected chi connectivity index (χ3v) is 6.31. The molecule has 1 saturated carbocycles. The first-order valence-corrected chi connectivity index (χ1v) is 8.70. The molecule has 1 heterocycles. The van der Waals surface area contributed by atoms with E-state index in [4.69, 9.17) is 4.74 Å². The van der Waals surface area contributed by atoms with Crippen molar-refractivity contribution >= 4 is 10.8 Å². The van der Waals surface area contributed by atoms with Crippen LogP contribution in [0.25, 0.3) is 0 Å². The molecule has 1 aromatic carbocycles. The minimum atomic E-state index is -1.05. The number of benzene rings is 1. The van der Waals surface area contributed by atoms with Gasteiger partial charge in [0.1, 0.15) is 5.82 Å². The van der Waals surface area contributed by atoms with Crippen LogP contribution in [0.3, 0.4) is 0 Å². The number of hydrogen-bond acceptors (Lipinski definition) is 2. The molecule has 2 unspecified atom stereocenters. The molecule has 2 atom stereocenters. The summed E-state index contributed by atoms with van der Waals surface area (Å²) in [5.74, 6) is -0.276. The van der Waals surface area contributed by atoms with Gasteiger partial charge in [0.2, 0.25) is 0 Å². The van der Waals surface area contributed by atoms with Gasteiger partial charge in [0, 0.05) is 16.8 Å². The molecular weight excluding hydrogens is 275 g/mol. The van der Waals surface area contributed by atoms with Crippen molar-refractivity contribution in [3.63, 3.8) is 0 Å². The second kappa shape index (κ2) is 5.94. The van der Waals surface area contributed by atoms with E-state index >= 15 is 0 Å². The van der Waals surface area contributed by atoms with E-state index in [1.165, 1.54) is 31.4 Å².